The van der Waals surface area contributed by atoms with Crippen LogP contribution in [0.15, 0.2) is 66.9 Å². The highest BCUT2D eigenvalue weighted by molar-refractivity contribution is 5.97. The molecule has 0 bridgehead atoms. The van der Waals surface area contributed by atoms with Crippen LogP contribution in [0.5, 0.6) is 0 Å². The topological polar surface area (TPSA) is 155 Å². The number of H-pyrrole nitrogens is 1. The molecule has 42 heavy (non-hydrogen) atoms. The van der Waals surface area contributed by atoms with Crippen LogP contribution >= 0.6 is 0 Å². The van der Waals surface area contributed by atoms with Crippen molar-refractivity contribution in [2.45, 2.75) is 38.1 Å². The Morgan fingerprint density at radius 2 is 1.64 bits per heavy atom. The Hall–Kier alpha value is -4.64. The molecule has 1 atom stereocenters. The van der Waals surface area contributed by atoms with E-state index >= 15 is 0 Å². The number of carbonyl (C=O) groups is 2. The van der Waals surface area contributed by atoms with Gasteiger partial charge >= 0.3 is 0 Å². The second-order valence-electron chi connectivity index (χ2n) is 11.0. The zero-order chi connectivity index (χ0) is 29.5. The van der Waals surface area contributed by atoms with Crippen LogP contribution in [0.4, 0.5) is 11.5 Å². The standard InChI is InChI=1S/C31H37N9O2/c1-40(2)28-16-13-25(19-33-28)22-7-3-20(4-8-22)17-27(35-30(41)24-9-5-21(18-32)6-10-24)31(42)34-26-14-11-23(12-15-26)29-36-38-39-37-29/h3-4,7-8,11-16,19,21,24,27H,5-6,9-10,17-18,32H2,1-2H3,(H,34,42)(H,35,41)(H,36,37,38,39). The molecule has 2 aromatic carbocycles. The Morgan fingerprint density at radius 1 is 0.952 bits per heavy atom. The monoisotopic (exact) mass is 567 g/mol. The highest BCUT2D eigenvalue weighted by Crippen LogP contribution is 2.28. The number of amides is 2. The molecular formula is C31H37N9O2. The van der Waals surface area contributed by atoms with E-state index in [1.54, 1.807) is 12.1 Å². The summed E-state index contributed by atoms with van der Waals surface area (Å²) in [6.45, 7) is 0.650. The lowest BCUT2D eigenvalue weighted by atomic mass is 9.81. The van der Waals surface area contributed by atoms with Crippen LogP contribution < -0.4 is 21.3 Å². The third-order valence-corrected chi connectivity index (χ3v) is 7.87. The molecular weight excluding hydrogens is 530 g/mol. The molecule has 4 aromatic rings. The number of nitrogens with one attached hydrogen (secondary N) is 3. The lowest BCUT2D eigenvalue weighted by Crippen LogP contribution is -2.48. The number of carbonyl (C=O) groups excluding carboxylic acids is 2. The Labute approximate surface area is 245 Å². The Morgan fingerprint density at radius 3 is 2.24 bits per heavy atom. The van der Waals surface area contributed by atoms with Crippen LogP contribution in [-0.4, -0.2) is 64.1 Å². The molecule has 0 saturated heterocycles. The first-order valence-corrected chi connectivity index (χ1v) is 14.3. The average Bonchev–Trinajstić information content (AvgIpc) is 3.57. The van der Waals surface area contributed by atoms with Gasteiger partial charge in [0.05, 0.1) is 0 Å². The fourth-order valence-corrected chi connectivity index (χ4v) is 5.27. The molecule has 11 nitrogen and oxygen atoms in total. The number of benzene rings is 2. The summed E-state index contributed by atoms with van der Waals surface area (Å²) in [5.74, 6) is 1.35. The molecule has 1 aliphatic carbocycles. The van der Waals surface area contributed by atoms with Crippen molar-refractivity contribution in [3.8, 4) is 22.5 Å². The molecule has 11 heteroatoms. The average molecular weight is 568 g/mol. The number of tetrazole rings is 1. The van der Waals surface area contributed by atoms with Gasteiger partial charge in [0.2, 0.25) is 17.6 Å². The maximum atomic E-state index is 13.5. The van der Waals surface area contributed by atoms with E-state index in [1.165, 1.54) is 0 Å². The summed E-state index contributed by atoms with van der Waals surface area (Å²) in [6.07, 6.45) is 5.65. The van der Waals surface area contributed by atoms with Gasteiger partial charge < -0.3 is 21.3 Å². The molecule has 2 heterocycles. The minimum absolute atomic E-state index is 0.0817. The molecule has 5 rings (SSSR count). The third kappa shape index (κ3) is 7.16. The fraction of sp³-hybridized carbons (Fsp3) is 0.355. The summed E-state index contributed by atoms with van der Waals surface area (Å²) < 4.78 is 0. The van der Waals surface area contributed by atoms with Crippen LogP contribution in [0.25, 0.3) is 22.5 Å². The van der Waals surface area contributed by atoms with E-state index in [4.69, 9.17) is 5.73 Å². The number of hydrogen-bond acceptors (Lipinski definition) is 8. The number of aromatic amines is 1. The van der Waals surface area contributed by atoms with Crippen molar-refractivity contribution in [2.75, 3.05) is 30.9 Å². The molecule has 1 aliphatic rings. The van der Waals surface area contributed by atoms with Crippen molar-refractivity contribution in [2.24, 2.45) is 17.6 Å². The molecule has 5 N–H and O–H groups in total. The second-order valence-corrected chi connectivity index (χ2v) is 11.0. The van der Waals surface area contributed by atoms with Crippen LogP contribution in [0.1, 0.15) is 31.2 Å². The van der Waals surface area contributed by atoms with Gasteiger partial charge in [-0.25, -0.2) is 4.98 Å². The van der Waals surface area contributed by atoms with E-state index in [-0.39, 0.29) is 17.7 Å². The zero-order valence-corrected chi connectivity index (χ0v) is 24.0. The van der Waals surface area contributed by atoms with Gasteiger partial charge in [-0.1, -0.05) is 24.3 Å². The molecule has 0 radical (unpaired) electrons. The highest BCUT2D eigenvalue weighted by Gasteiger charge is 2.29. The first-order valence-electron chi connectivity index (χ1n) is 14.3. The van der Waals surface area contributed by atoms with Gasteiger partial charge in [0.15, 0.2) is 0 Å². The summed E-state index contributed by atoms with van der Waals surface area (Å²) in [5.41, 5.74) is 10.2. The van der Waals surface area contributed by atoms with Crippen molar-refractivity contribution in [1.29, 1.82) is 0 Å². The summed E-state index contributed by atoms with van der Waals surface area (Å²) in [7, 11) is 3.91. The van der Waals surface area contributed by atoms with E-state index in [2.05, 4.69) is 36.2 Å². The number of rotatable bonds is 10. The van der Waals surface area contributed by atoms with Crippen molar-refractivity contribution in [1.82, 2.24) is 30.9 Å². The van der Waals surface area contributed by atoms with Gasteiger partial charge in [0, 0.05) is 49.4 Å². The molecule has 218 valence electrons. The van der Waals surface area contributed by atoms with Gasteiger partial charge in [-0.05, 0) is 90.9 Å². The van der Waals surface area contributed by atoms with Crippen molar-refractivity contribution in [3.63, 3.8) is 0 Å². The number of nitrogens with zero attached hydrogens (tertiary/aromatic N) is 5. The van der Waals surface area contributed by atoms with Gasteiger partial charge in [-0.3, -0.25) is 9.59 Å². The molecule has 0 spiro atoms. The van der Waals surface area contributed by atoms with Crippen LogP contribution in [-0.2, 0) is 16.0 Å². The first-order chi connectivity index (χ1) is 20.4. The number of anilines is 2. The van der Waals surface area contributed by atoms with E-state index in [0.717, 1.165) is 53.8 Å². The summed E-state index contributed by atoms with van der Waals surface area (Å²) in [6, 6.07) is 18.5. The van der Waals surface area contributed by atoms with Crippen LogP contribution in [0.2, 0.25) is 0 Å². The van der Waals surface area contributed by atoms with Crippen molar-refractivity contribution >= 4 is 23.3 Å². The SMILES string of the molecule is CN(C)c1ccc(-c2ccc(CC(NC(=O)C3CCC(CN)CC3)C(=O)Nc3ccc(-c4nn[nH]n4)cc3)cc2)cn1. The van der Waals surface area contributed by atoms with Gasteiger partial charge in [0.25, 0.3) is 0 Å². The summed E-state index contributed by atoms with van der Waals surface area (Å²) in [4.78, 5) is 33.3. The maximum absolute atomic E-state index is 13.5. The van der Waals surface area contributed by atoms with Gasteiger partial charge in [-0.15, -0.1) is 10.2 Å². The molecule has 2 aromatic heterocycles. The number of nitrogens with two attached hydrogens (primary N) is 1. The molecule has 1 unspecified atom stereocenters. The number of aromatic nitrogens is 5. The van der Waals surface area contributed by atoms with E-state index in [9.17, 15) is 9.59 Å². The number of pyridine rings is 1. The largest absolute Gasteiger partial charge is 0.363 e. The molecule has 2 amide bonds. The predicted octanol–water partition coefficient (Wildman–Crippen LogP) is 3.43. The fourth-order valence-electron chi connectivity index (χ4n) is 5.27. The van der Waals surface area contributed by atoms with Gasteiger partial charge in [0.1, 0.15) is 11.9 Å². The Bertz CT molecular complexity index is 1450. The molecule has 1 saturated carbocycles. The third-order valence-electron chi connectivity index (χ3n) is 7.87. The predicted molar refractivity (Wildman–Crippen MR) is 162 cm³/mol. The lowest BCUT2D eigenvalue weighted by molar-refractivity contribution is -0.130. The quantitative estimate of drug-likeness (QED) is 0.227. The van der Waals surface area contributed by atoms with Crippen molar-refractivity contribution in [3.05, 3.63) is 72.4 Å². The maximum Gasteiger partial charge on any atom is 0.247 e. The normalized spacial score (nSPS) is 17.3. The van der Waals surface area contributed by atoms with E-state index < -0.39 is 6.04 Å². The van der Waals surface area contributed by atoms with Crippen LogP contribution in [0, 0.1) is 11.8 Å². The van der Waals surface area contributed by atoms with E-state index in [0.29, 0.717) is 30.4 Å². The minimum atomic E-state index is -0.742. The summed E-state index contributed by atoms with van der Waals surface area (Å²) >= 11 is 0. The van der Waals surface area contributed by atoms with Gasteiger partial charge in [-0.2, -0.15) is 5.21 Å². The summed E-state index contributed by atoms with van der Waals surface area (Å²) in [5, 5.41) is 20.0. The molecule has 0 aliphatic heterocycles. The number of hydrogen-bond donors (Lipinski definition) is 4. The van der Waals surface area contributed by atoms with E-state index in [1.807, 2.05) is 73.7 Å². The lowest BCUT2D eigenvalue weighted by Gasteiger charge is -2.28. The highest BCUT2D eigenvalue weighted by atomic mass is 16.2. The zero-order valence-electron chi connectivity index (χ0n) is 24.0. The van der Waals surface area contributed by atoms with Crippen molar-refractivity contribution < 1.29 is 9.59 Å². The second kappa shape index (κ2) is 13.3. The molecule has 1 fully saturated rings. The Kier molecular flexibility index (Phi) is 9.18. The smallest absolute Gasteiger partial charge is 0.247 e. The minimum Gasteiger partial charge on any atom is -0.363 e. The Balaban J connectivity index is 1.29. The van der Waals surface area contributed by atoms with Crippen LogP contribution in [0.3, 0.4) is 0 Å². The first kappa shape index (κ1) is 28.9.